The molecule has 2 aromatic carbocycles. The van der Waals surface area contributed by atoms with Crippen LogP contribution in [-0.2, 0) is 10.5 Å². The summed E-state index contributed by atoms with van der Waals surface area (Å²) >= 11 is 1.55. The van der Waals surface area contributed by atoms with Gasteiger partial charge in [0.05, 0.1) is 6.07 Å². The lowest BCUT2D eigenvalue weighted by atomic mass is 10.2. The van der Waals surface area contributed by atoms with Crippen LogP contribution in [0.25, 0.3) is 0 Å². The number of carbonyl (C=O) groups is 2. The van der Waals surface area contributed by atoms with E-state index in [2.05, 4.69) is 10.6 Å². The van der Waals surface area contributed by atoms with Gasteiger partial charge in [-0.05, 0) is 17.7 Å². The molecule has 2 rings (SSSR count). The third-order valence-corrected chi connectivity index (χ3v) is 4.50. The van der Waals surface area contributed by atoms with E-state index in [9.17, 15) is 9.59 Å². The van der Waals surface area contributed by atoms with Crippen molar-refractivity contribution in [3.05, 3.63) is 71.8 Å². The maximum Gasteiger partial charge on any atom is 0.251 e. The standard InChI is InChI=1S/C19H19N3O2S/c20-11-12-21-19(24)17(14-25-13-15-7-3-1-4-8-15)22-18(23)16-9-5-2-6-10-16/h1-10,17H,12-14H2,(H,21,24)(H,22,23)/t17-/m0/s1. The lowest BCUT2D eigenvalue weighted by Gasteiger charge is -2.17. The minimum atomic E-state index is -0.699. The monoisotopic (exact) mass is 353 g/mol. The molecular weight excluding hydrogens is 334 g/mol. The Hall–Kier alpha value is -2.78. The highest BCUT2D eigenvalue weighted by molar-refractivity contribution is 7.98. The molecule has 0 bridgehead atoms. The van der Waals surface area contributed by atoms with Crippen LogP contribution in [0.5, 0.6) is 0 Å². The summed E-state index contributed by atoms with van der Waals surface area (Å²) in [5.41, 5.74) is 1.65. The van der Waals surface area contributed by atoms with Crippen molar-refractivity contribution in [2.24, 2.45) is 0 Å². The van der Waals surface area contributed by atoms with Crippen molar-refractivity contribution in [3.63, 3.8) is 0 Å². The van der Waals surface area contributed by atoms with Gasteiger partial charge in [-0.1, -0.05) is 48.5 Å². The van der Waals surface area contributed by atoms with Gasteiger partial charge >= 0.3 is 0 Å². The zero-order valence-corrected chi connectivity index (χ0v) is 14.5. The summed E-state index contributed by atoms with van der Waals surface area (Å²) in [7, 11) is 0. The Morgan fingerprint density at radius 1 is 1.04 bits per heavy atom. The Balaban J connectivity index is 1.96. The number of nitriles is 1. The van der Waals surface area contributed by atoms with Gasteiger partial charge in [-0.2, -0.15) is 17.0 Å². The predicted octanol–water partition coefficient (Wildman–Crippen LogP) is 2.36. The fourth-order valence-electron chi connectivity index (χ4n) is 2.13. The van der Waals surface area contributed by atoms with Crippen LogP contribution in [-0.4, -0.2) is 30.2 Å². The third-order valence-electron chi connectivity index (χ3n) is 3.40. The van der Waals surface area contributed by atoms with Gasteiger partial charge in [-0.25, -0.2) is 0 Å². The number of benzene rings is 2. The number of nitrogens with zero attached hydrogens (tertiary/aromatic N) is 1. The van der Waals surface area contributed by atoms with E-state index in [4.69, 9.17) is 5.26 Å². The smallest absolute Gasteiger partial charge is 0.251 e. The maximum absolute atomic E-state index is 12.3. The quantitative estimate of drug-likeness (QED) is 0.714. The molecule has 0 saturated carbocycles. The summed E-state index contributed by atoms with van der Waals surface area (Å²) in [4.78, 5) is 24.5. The molecule has 2 N–H and O–H groups in total. The second-order valence-electron chi connectivity index (χ2n) is 5.27. The van der Waals surface area contributed by atoms with Crippen LogP contribution in [0, 0.1) is 11.3 Å². The maximum atomic E-state index is 12.3. The average molecular weight is 353 g/mol. The highest BCUT2D eigenvalue weighted by Crippen LogP contribution is 2.13. The van der Waals surface area contributed by atoms with Gasteiger partial charge in [0.25, 0.3) is 5.91 Å². The summed E-state index contributed by atoms with van der Waals surface area (Å²) in [6.45, 7) is -0.0834. The van der Waals surface area contributed by atoms with Gasteiger partial charge in [-0.3, -0.25) is 9.59 Å². The number of carbonyl (C=O) groups excluding carboxylic acids is 2. The molecule has 0 aliphatic rings. The van der Waals surface area contributed by atoms with E-state index in [0.29, 0.717) is 11.3 Å². The topological polar surface area (TPSA) is 82.0 Å². The van der Waals surface area contributed by atoms with E-state index in [1.54, 1.807) is 36.0 Å². The summed E-state index contributed by atoms with van der Waals surface area (Å²) < 4.78 is 0. The number of amides is 2. The zero-order valence-electron chi connectivity index (χ0n) is 13.6. The van der Waals surface area contributed by atoms with Gasteiger partial charge in [0.15, 0.2) is 0 Å². The van der Waals surface area contributed by atoms with Crippen LogP contribution in [0.4, 0.5) is 0 Å². The molecule has 0 saturated heterocycles. The zero-order chi connectivity index (χ0) is 17.9. The average Bonchev–Trinajstić information content (AvgIpc) is 2.66. The summed E-state index contributed by atoms with van der Waals surface area (Å²) in [6, 6.07) is 19.8. The van der Waals surface area contributed by atoms with E-state index in [-0.39, 0.29) is 18.4 Å². The van der Waals surface area contributed by atoms with Gasteiger partial charge in [0.2, 0.25) is 5.91 Å². The number of hydrogen-bond donors (Lipinski definition) is 2. The minimum absolute atomic E-state index is 0.0834. The second kappa shape index (κ2) is 10.2. The van der Waals surface area contributed by atoms with Gasteiger partial charge < -0.3 is 10.6 Å². The van der Waals surface area contributed by atoms with Gasteiger partial charge in [-0.15, -0.1) is 0 Å². The lowest BCUT2D eigenvalue weighted by molar-refractivity contribution is -0.122. The van der Waals surface area contributed by atoms with Crippen LogP contribution in [0.1, 0.15) is 15.9 Å². The Morgan fingerprint density at radius 2 is 1.68 bits per heavy atom. The molecule has 0 aromatic heterocycles. The van der Waals surface area contributed by atoms with Crippen LogP contribution in [0.15, 0.2) is 60.7 Å². The first-order chi connectivity index (χ1) is 12.2. The number of thioether (sulfide) groups is 1. The van der Waals surface area contributed by atoms with Crippen molar-refractivity contribution in [3.8, 4) is 6.07 Å². The molecule has 0 aliphatic heterocycles. The molecule has 0 heterocycles. The van der Waals surface area contributed by atoms with E-state index in [1.165, 1.54) is 0 Å². The molecule has 128 valence electrons. The van der Waals surface area contributed by atoms with Crippen LogP contribution >= 0.6 is 11.8 Å². The van der Waals surface area contributed by atoms with E-state index in [1.807, 2.05) is 42.5 Å². The van der Waals surface area contributed by atoms with Crippen molar-refractivity contribution < 1.29 is 9.59 Å². The molecule has 6 heteroatoms. The van der Waals surface area contributed by atoms with Gasteiger partial charge in [0, 0.05) is 17.1 Å². The Bertz CT molecular complexity index is 729. The molecule has 5 nitrogen and oxygen atoms in total. The fourth-order valence-corrected chi connectivity index (χ4v) is 3.15. The molecule has 0 unspecified atom stereocenters. The molecule has 2 amide bonds. The Labute approximate surface area is 151 Å². The number of rotatable bonds is 8. The van der Waals surface area contributed by atoms with Crippen molar-refractivity contribution in [1.29, 1.82) is 5.26 Å². The molecule has 0 fully saturated rings. The molecule has 0 aliphatic carbocycles. The lowest BCUT2D eigenvalue weighted by Crippen LogP contribution is -2.48. The van der Waals surface area contributed by atoms with Crippen LogP contribution in [0.2, 0.25) is 0 Å². The van der Waals surface area contributed by atoms with Crippen molar-refractivity contribution >= 4 is 23.6 Å². The first-order valence-corrected chi connectivity index (χ1v) is 8.98. The largest absolute Gasteiger partial charge is 0.341 e. The Kier molecular flexibility index (Phi) is 7.54. The normalized spacial score (nSPS) is 11.2. The van der Waals surface area contributed by atoms with E-state index < -0.39 is 6.04 Å². The first kappa shape index (κ1) is 18.6. The first-order valence-electron chi connectivity index (χ1n) is 7.83. The van der Waals surface area contributed by atoms with Crippen molar-refractivity contribution in [2.75, 3.05) is 12.3 Å². The van der Waals surface area contributed by atoms with Crippen molar-refractivity contribution in [2.45, 2.75) is 11.8 Å². The Morgan fingerprint density at radius 3 is 2.32 bits per heavy atom. The second-order valence-corrected chi connectivity index (χ2v) is 6.30. The van der Waals surface area contributed by atoms with Crippen LogP contribution in [0.3, 0.4) is 0 Å². The summed E-state index contributed by atoms with van der Waals surface area (Å²) in [5.74, 6) is 0.499. The molecule has 0 radical (unpaired) electrons. The number of nitrogens with one attached hydrogen (secondary N) is 2. The number of hydrogen-bond acceptors (Lipinski definition) is 4. The third kappa shape index (κ3) is 6.32. The highest BCUT2D eigenvalue weighted by Gasteiger charge is 2.21. The van der Waals surface area contributed by atoms with E-state index >= 15 is 0 Å². The summed E-state index contributed by atoms with van der Waals surface area (Å²) in [5, 5.41) is 13.9. The van der Waals surface area contributed by atoms with Crippen LogP contribution < -0.4 is 10.6 Å². The summed E-state index contributed by atoms with van der Waals surface area (Å²) in [6.07, 6.45) is 0. The minimum Gasteiger partial charge on any atom is -0.341 e. The molecule has 25 heavy (non-hydrogen) atoms. The molecule has 0 spiro atoms. The van der Waals surface area contributed by atoms with Gasteiger partial charge in [0.1, 0.15) is 12.6 Å². The van der Waals surface area contributed by atoms with Crippen molar-refractivity contribution in [1.82, 2.24) is 10.6 Å². The SMILES string of the molecule is N#CCNC(=O)[C@H](CSCc1ccccc1)NC(=O)c1ccccc1. The molecule has 2 aromatic rings. The highest BCUT2D eigenvalue weighted by atomic mass is 32.2. The fraction of sp³-hybridized carbons (Fsp3) is 0.211. The molecule has 1 atom stereocenters. The predicted molar refractivity (Wildman–Crippen MR) is 98.9 cm³/mol. The molecular formula is C19H19N3O2S. The van der Waals surface area contributed by atoms with E-state index in [0.717, 1.165) is 11.3 Å².